The van der Waals surface area contributed by atoms with E-state index in [2.05, 4.69) is 22.8 Å². The van der Waals surface area contributed by atoms with E-state index in [0.29, 0.717) is 17.7 Å². The number of nitrogens with zero attached hydrogens (tertiary/aromatic N) is 3. The van der Waals surface area contributed by atoms with Gasteiger partial charge in [-0.3, -0.25) is 9.36 Å². The van der Waals surface area contributed by atoms with E-state index < -0.39 is 0 Å². The summed E-state index contributed by atoms with van der Waals surface area (Å²) in [6.07, 6.45) is 3.51. The number of aromatic nitrogens is 1. The van der Waals surface area contributed by atoms with E-state index in [1.807, 2.05) is 30.3 Å². The summed E-state index contributed by atoms with van der Waals surface area (Å²) in [6, 6.07) is 13.5. The second-order valence-electron chi connectivity index (χ2n) is 6.19. The Morgan fingerprint density at radius 2 is 1.80 bits per heavy atom. The molecular formula is C21H21N3O. The Morgan fingerprint density at radius 1 is 1.04 bits per heavy atom. The molecule has 0 unspecified atom stereocenters. The highest BCUT2D eigenvalue weighted by molar-refractivity contribution is 5.47. The van der Waals surface area contributed by atoms with Crippen molar-refractivity contribution in [1.29, 1.82) is 5.26 Å². The molecule has 0 atom stereocenters. The lowest BCUT2D eigenvalue weighted by Crippen LogP contribution is -2.36. The van der Waals surface area contributed by atoms with Gasteiger partial charge < -0.3 is 4.90 Å². The Kier molecular flexibility index (Phi) is 5.21. The van der Waals surface area contributed by atoms with E-state index in [9.17, 15) is 10.1 Å². The van der Waals surface area contributed by atoms with Crippen LogP contribution in [0.2, 0.25) is 0 Å². The Bertz CT molecular complexity index is 919. The molecule has 0 spiro atoms. The van der Waals surface area contributed by atoms with Gasteiger partial charge in [0, 0.05) is 13.1 Å². The van der Waals surface area contributed by atoms with Gasteiger partial charge in [0.15, 0.2) is 0 Å². The monoisotopic (exact) mass is 331 g/mol. The van der Waals surface area contributed by atoms with Gasteiger partial charge in [-0.15, -0.1) is 5.92 Å². The van der Waals surface area contributed by atoms with Gasteiger partial charge in [-0.25, -0.2) is 0 Å². The molecule has 0 radical (unpaired) electrons. The molecule has 1 aliphatic rings. The number of anilines is 1. The minimum atomic E-state index is -0.0924. The van der Waals surface area contributed by atoms with Gasteiger partial charge in [0.2, 0.25) is 0 Å². The van der Waals surface area contributed by atoms with Crippen molar-refractivity contribution in [2.75, 3.05) is 18.0 Å². The number of hydrogen-bond donors (Lipinski definition) is 0. The molecule has 4 nitrogen and oxygen atoms in total. The molecule has 126 valence electrons. The molecule has 2 aromatic rings. The van der Waals surface area contributed by atoms with Crippen LogP contribution in [0.1, 0.15) is 42.9 Å². The van der Waals surface area contributed by atoms with Crippen LogP contribution in [0.4, 0.5) is 5.82 Å². The fourth-order valence-corrected chi connectivity index (χ4v) is 3.29. The Hall–Kier alpha value is -2.98. The quantitative estimate of drug-likeness (QED) is 0.812. The van der Waals surface area contributed by atoms with Gasteiger partial charge in [-0.05, 0) is 49.9 Å². The standard InChI is InChI=1S/C21H21N3O/c1-2-8-17-11-12-20(23-13-6-3-7-14-23)24(21(17)25)16-19-10-5-4-9-18(19)15-22/h4-5,9-12H,3,6-7,13-14,16H2,1H3. The Morgan fingerprint density at radius 3 is 2.52 bits per heavy atom. The van der Waals surface area contributed by atoms with Crippen LogP contribution in [0.5, 0.6) is 0 Å². The van der Waals surface area contributed by atoms with Crippen LogP contribution < -0.4 is 10.5 Å². The third-order valence-corrected chi connectivity index (χ3v) is 4.56. The topological polar surface area (TPSA) is 49.0 Å². The van der Waals surface area contributed by atoms with Crippen molar-refractivity contribution in [2.45, 2.75) is 32.7 Å². The zero-order valence-corrected chi connectivity index (χ0v) is 14.5. The molecule has 1 saturated heterocycles. The maximum Gasteiger partial charge on any atom is 0.268 e. The number of hydrogen-bond acceptors (Lipinski definition) is 3. The molecule has 1 fully saturated rings. The first-order valence-corrected chi connectivity index (χ1v) is 8.64. The molecule has 3 rings (SSSR count). The van der Waals surface area contributed by atoms with Crippen LogP contribution in [0.3, 0.4) is 0 Å². The van der Waals surface area contributed by atoms with Gasteiger partial charge in [-0.1, -0.05) is 24.1 Å². The summed E-state index contributed by atoms with van der Waals surface area (Å²) in [5, 5.41) is 9.35. The zero-order valence-electron chi connectivity index (χ0n) is 14.5. The highest BCUT2D eigenvalue weighted by Gasteiger charge is 2.17. The van der Waals surface area contributed by atoms with Gasteiger partial charge in [0.05, 0.1) is 23.7 Å². The summed E-state index contributed by atoms with van der Waals surface area (Å²) in [4.78, 5) is 15.2. The number of piperidine rings is 1. The maximum atomic E-state index is 13.0. The summed E-state index contributed by atoms with van der Waals surface area (Å²) in [5.74, 6) is 6.62. The number of rotatable bonds is 3. The largest absolute Gasteiger partial charge is 0.358 e. The lowest BCUT2D eigenvalue weighted by molar-refractivity contribution is 0.559. The number of pyridine rings is 1. The fourth-order valence-electron chi connectivity index (χ4n) is 3.29. The Labute approximate surface area is 148 Å². The van der Waals surface area contributed by atoms with Crippen LogP contribution in [0.15, 0.2) is 41.2 Å². The van der Waals surface area contributed by atoms with Crippen LogP contribution in [0, 0.1) is 23.2 Å². The highest BCUT2D eigenvalue weighted by atomic mass is 16.1. The molecule has 0 aliphatic carbocycles. The molecular weight excluding hydrogens is 310 g/mol. The van der Waals surface area contributed by atoms with Crippen molar-refractivity contribution in [1.82, 2.24) is 4.57 Å². The molecule has 1 aromatic carbocycles. The molecule has 2 heterocycles. The Balaban J connectivity index is 2.10. The molecule has 1 aliphatic heterocycles. The molecule has 25 heavy (non-hydrogen) atoms. The third kappa shape index (κ3) is 3.59. The van der Waals surface area contributed by atoms with Gasteiger partial charge >= 0.3 is 0 Å². The van der Waals surface area contributed by atoms with E-state index in [4.69, 9.17) is 0 Å². The van der Waals surface area contributed by atoms with Crippen LogP contribution in [-0.4, -0.2) is 17.7 Å². The SMILES string of the molecule is CC#Cc1ccc(N2CCCCC2)n(Cc2ccccc2C#N)c1=O. The number of benzene rings is 1. The smallest absolute Gasteiger partial charge is 0.268 e. The normalized spacial score (nSPS) is 13.7. The zero-order chi connectivity index (χ0) is 17.6. The van der Waals surface area contributed by atoms with Gasteiger partial charge in [-0.2, -0.15) is 5.26 Å². The predicted molar refractivity (Wildman–Crippen MR) is 99.6 cm³/mol. The van der Waals surface area contributed by atoms with Crippen molar-refractivity contribution >= 4 is 5.82 Å². The van der Waals surface area contributed by atoms with E-state index in [-0.39, 0.29) is 5.56 Å². The highest BCUT2D eigenvalue weighted by Crippen LogP contribution is 2.21. The summed E-state index contributed by atoms with van der Waals surface area (Å²) in [5.41, 5.74) is 1.86. The van der Waals surface area contributed by atoms with E-state index in [1.165, 1.54) is 6.42 Å². The summed E-state index contributed by atoms with van der Waals surface area (Å²) >= 11 is 0. The van der Waals surface area contributed by atoms with E-state index in [1.54, 1.807) is 17.6 Å². The minimum Gasteiger partial charge on any atom is -0.358 e. The first-order chi connectivity index (χ1) is 12.2. The van der Waals surface area contributed by atoms with E-state index >= 15 is 0 Å². The van der Waals surface area contributed by atoms with Crippen molar-refractivity contribution in [3.63, 3.8) is 0 Å². The van der Waals surface area contributed by atoms with Crippen molar-refractivity contribution in [3.05, 3.63) is 63.4 Å². The molecule has 0 amide bonds. The molecule has 1 aromatic heterocycles. The average molecular weight is 331 g/mol. The molecule has 4 heteroatoms. The van der Waals surface area contributed by atoms with Crippen LogP contribution in [-0.2, 0) is 6.54 Å². The van der Waals surface area contributed by atoms with Crippen LogP contribution >= 0.6 is 0 Å². The van der Waals surface area contributed by atoms with Crippen molar-refractivity contribution in [3.8, 4) is 17.9 Å². The third-order valence-electron chi connectivity index (χ3n) is 4.56. The summed E-state index contributed by atoms with van der Waals surface area (Å²) in [6.45, 7) is 4.03. The second kappa shape index (κ2) is 7.73. The first kappa shape index (κ1) is 16.9. The fraction of sp³-hybridized carbons (Fsp3) is 0.333. The lowest BCUT2D eigenvalue weighted by atomic mass is 10.1. The lowest BCUT2D eigenvalue weighted by Gasteiger charge is -2.31. The summed E-state index contributed by atoms with van der Waals surface area (Å²) < 4.78 is 1.77. The molecule has 0 bridgehead atoms. The minimum absolute atomic E-state index is 0.0924. The van der Waals surface area contributed by atoms with Crippen LogP contribution in [0.25, 0.3) is 0 Å². The van der Waals surface area contributed by atoms with Gasteiger partial charge in [0.25, 0.3) is 5.56 Å². The van der Waals surface area contributed by atoms with Crippen molar-refractivity contribution in [2.24, 2.45) is 0 Å². The number of nitriles is 1. The van der Waals surface area contributed by atoms with Gasteiger partial charge in [0.1, 0.15) is 5.82 Å². The van der Waals surface area contributed by atoms with E-state index in [0.717, 1.165) is 37.3 Å². The predicted octanol–water partition coefficient (Wildman–Crippen LogP) is 3.13. The van der Waals surface area contributed by atoms with Crippen molar-refractivity contribution < 1.29 is 0 Å². The molecule has 0 saturated carbocycles. The first-order valence-electron chi connectivity index (χ1n) is 8.64. The average Bonchev–Trinajstić information content (AvgIpc) is 2.66. The maximum absolute atomic E-state index is 13.0. The second-order valence-corrected chi connectivity index (χ2v) is 6.19. The summed E-state index contributed by atoms with van der Waals surface area (Å²) in [7, 11) is 0. The molecule has 0 N–H and O–H groups in total.